The zero-order valence-corrected chi connectivity index (χ0v) is 11.5. The number of hydrogen-bond acceptors (Lipinski definition) is 3. The Bertz CT molecular complexity index is 558. The normalized spacial score (nSPS) is 24.4. The lowest BCUT2D eigenvalue weighted by Gasteiger charge is -2.35. The number of ether oxygens (including phenoxy) is 1. The van der Waals surface area contributed by atoms with Gasteiger partial charge in [0.15, 0.2) is 0 Å². The number of fused-ring (bicyclic) bond motifs is 1. The van der Waals surface area contributed by atoms with Crippen LogP contribution in [0.1, 0.15) is 29.3 Å². The van der Waals surface area contributed by atoms with Gasteiger partial charge in [-0.2, -0.15) is 0 Å². The summed E-state index contributed by atoms with van der Waals surface area (Å²) in [6.45, 7) is 3.31. The molecule has 3 rings (SSSR count). The largest absolute Gasteiger partial charge is 0.450 e. The van der Waals surface area contributed by atoms with Crippen LogP contribution >= 0.6 is 0 Å². The topological polar surface area (TPSA) is 58.6 Å². The number of amides is 2. The molecule has 1 aromatic carbocycles. The van der Waals surface area contributed by atoms with Crippen LogP contribution in [0, 0.1) is 0 Å². The standard InChI is InChI=1S/C15H18N2O3/c1-2-20-14(19)17-8-7-15(10-17)9-11-5-3-4-6-12(11)13(18)16-15/h3-6H,2,7-10H2,1H3,(H,16,18). The maximum Gasteiger partial charge on any atom is 0.409 e. The summed E-state index contributed by atoms with van der Waals surface area (Å²) in [6, 6.07) is 7.65. The minimum Gasteiger partial charge on any atom is -0.450 e. The highest BCUT2D eigenvalue weighted by atomic mass is 16.6. The van der Waals surface area contributed by atoms with E-state index in [1.807, 2.05) is 24.3 Å². The lowest BCUT2D eigenvalue weighted by atomic mass is 9.84. The molecule has 5 nitrogen and oxygen atoms in total. The molecular formula is C15H18N2O3. The van der Waals surface area contributed by atoms with Crippen LogP contribution in [-0.4, -0.2) is 42.1 Å². The van der Waals surface area contributed by atoms with E-state index in [0.29, 0.717) is 19.7 Å². The van der Waals surface area contributed by atoms with E-state index < -0.39 is 0 Å². The predicted octanol–water partition coefficient (Wildman–Crippen LogP) is 1.57. The van der Waals surface area contributed by atoms with Crippen molar-refractivity contribution in [2.75, 3.05) is 19.7 Å². The molecule has 2 heterocycles. The molecule has 1 fully saturated rings. The van der Waals surface area contributed by atoms with Crippen molar-refractivity contribution in [1.82, 2.24) is 10.2 Å². The number of nitrogens with one attached hydrogen (secondary N) is 1. The van der Waals surface area contributed by atoms with Crippen LogP contribution in [0.25, 0.3) is 0 Å². The van der Waals surface area contributed by atoms with Crippen LogP contribution in [-0.2, 0) is 11.2 Å². The Labute approximate surface area is 117 Å². The highest BCUT2D eigenvalue weighted by Crippen LogP contribution is 2.31. The van der Waals surface area contributed by atoms with Gasteiger partial charge in [0.25, 0.3) is 5.91 Å². The van der Waals surface area contributed by atoms with Crippen LogP contribution in [0.4, 0.5) is 4.79 Å². The number of carbonyl (C=O) groups excluding carboxylic acids is 2. The summed E-state index contributed by atoms with van der Waals surface area (Å²) in [6.07, 6.45) is 1.24. The molecule has 1 atom stereocenters. The maximum absolute atomic E-state index is 12.2. The lowest BCUT2D eigenvalue weighted by molar-refractivity contribution is 0.0865. The van der Waals surface area contributed by atoms with Crippen molar-refractivity contribution in [1.29, 1.82) is 0 Å². The second-order valence-corrected chi connectivity index (χ2v) is 5.44. The Kier molecular flexibility index (Phi) is 3.12. The average Bonchev–Trinajstić information content (AvgIpc) is 2.83. The van der Waals surface area contributed by atoms with Gasteiger partial charge in [-0.05, 0) is 31.4 Å². The van der Waals surface area contributed by atoms with E-state index in [0.717, 1.165) is 24.0 Å². The predicted molar refractivity (Wildman–Crippen MR) is 73.6 cm³/mol. The van der Waals surface area contributed by atoms with Crippen molar-refractivity contribution in [2.24, 2.45) is 0 Å². The number of benzene rings is 1. The van der Waals surface area contributed by atoms with Crippen molar-refractivity contribution in [3.05, 3.63) is 35.4 Å². The van der Waals surface area contributed by atoms with Crippen LogP contribution in [0.15, 0.2) is 24.3 Å². The third-order valence-electron chi connectivity index (χ3n) is 4.05. The van der Waals surface area contributed by atoms with Gasteiger partial charge in [0.2, 0.25) is 0 Å². The summed E-state index contributed by atoms with van der Waals surface area (Å²) in [5.74, 6) is -0.0439. The van der Waals surface area contributed by atoms with Crippen molar-refractivity contribution in [3.63, 3.8) is 0 Å². The number of likely N-dealkylation sites (tertiary alicyclic amines) is 1. The minimum atomic E-state index is -0.335. The first-order valence-electron chi connectivity index (χ1n) is 6.96. The van der Waals surface area contributed by atoms with E-state index in [1.54, 1.807) is 11.8 Å². The molecule has 0 saturated carbocycles. The monoisotopic (exact) mass is 274 g/mol. The molecular weight excluding hydrogens is 256 g/mol. The molecule has 0 bridgehead atoms. The van der Waals surface area contributed by atoms with Crippen LogP contribution in [0.5, 0.6) is 0 Å². The van der Waals surface area contributed by atoms with Gasteiger partial charge in [-0.15, -0.1) is 0 Å². The Balaban J connectivity index is 1.80. The summed E-state index contributed by atoms with van der Waals surface area (Å²) in [7, 11) is 0. The van der Waals surface area contributed by atoms with Gasteiger partial charge in [0.05, 0.1) is 12.1 Å². The van der Waals surface area contributed by atoms with E-state index in [2.05, 4.69) is 5.32 Å². The number of nitrogens with zero attached hydrogens (tertiary/aromatic N) is 1. The molecule has 0 aliphatic carbocycles. The minimum absolute atomic E-state index is 0.0439. The zero-order valence-electron chi connectivity index (χ0n) is 11.5. The van der Waals surface area contributed by atoms with E-state index in [9.17, 15) is 9.59 Å². The molecule has 1 N–H and O–H groups in total. The Hall–Kier alpha value is -2.04. The third kappa shape index (κ3) is 2.13. The number of carbonyl (C=O) groups is 2. The first-order valence-corrected chi connectivity index (χ1v) is 6.96. The van der Waals surface area contributed by atoms with Crippen molar-refractivity contribution in [3.8, 4) is 0 Å². The molecule has 2 aliphatic rings. The molecule has 1 unspecified atom stereocenters. The molecule has 20 heavy (non-hydrogen) atoms. The SMILES string of the molecule is CCOC(=O)N1CCC2(Cc3ccccc3C(=O)N2)C1. The Morgan fingerprint density at radius 3 is 3.05 bits per heavy atom. The summed E-state index contributed by atoms with van der Waals surface area (Å²) in [5.41, 5.74) is 1.47. The van der Waals surface area contributed by atoms with Crippen molar-refractivity contribution in [2.45, 2.75) is 25.3 Å². The van der Waals surface area contributed by atoms with E-state index >= 15 is 0 Å². The van der Waals surface area contributed by atoms with Crippen LogP contribution < -0.4 is 5.32 Å². The fourth-order valence-corrected chi connectivity index (χ4v) is 3.10. The average molecular weight is 274 g/mol. The molecule has 1 aromatic rings. The molecule has 2 amide bonds. The summed E-state index contributed by atoms with van der Waals surface area (Å²) < 4.78 is 5.03. The summed E-state index contributed by atoms with van der Waals surface area (Å²) >= 11 is 0. The van der Waals surface area contributed by atoms with Gasteiger partial charge >= 0.3 is 6.09 Å². The van der Waals surface area contributed by atoms with Gasteiger partial charge in [-0.3, -0.25) is 4.79 Å². The first-order chi connectivity index (χ1) is 9.63. The molecule has 0 aromatic heterocycles. The van der Waals surface area contributed by atoms with E-state index in [1.165, 1.54) is 0 Å². The van der Waals surface area contributed by atoms with Gasteiger partial charge in [0.1, 0.15) is 0 Å². The highest BCUT2D eigenvalue weighted by Gasteiger charge is 2.44. The lowest BCUT2D eigenvalue weighted by Crippen LogP contribution is -2.55. The summed E-state index contributed by atoms with van der Waals surface area (Å²) in [5, 5.41) is 3.09. The first kappa shape index (κ1) is 13.0. The highest BCUT2D eigenvalue weighted by molar-refractivity contribution is 5.97. The third-order valence-corrected chi connectivity index (χ3v) is 4.05. The second-order valence-electron chi connectivity index (χ2n) is 5.44. The molecule has 1 spiro atoms. The molecule has 1 saturated heterocycles. The second kappa shape index (κ2) is 4.81. The molecule has 0 radical (unpaired) electrons. The maximum atomic E-state index is 12.2. The van der Waals surface area contributed by atoms with E-state index in [4.69, 9.17) is 4.74 Å². The molecule has 106 valence electrons. The van der Waals surface area contributed by atoms with Gasteiger partial charge in [-0.25, -0.2) is 4.79 Å². The van der Waals surface area contributed by atoms with Gasteiger partial charge in [-0.1, -0.05) is 18.2 Å². The Morgan fingerprint density at radius 1 is 1.45 bits per heavy atom. The molecule has 5 heteroatoms. The van der Waals surface area contributed by atoms with Crippen molar-refractivity contribution < 1.29 is 14.3 Å². The molecule has 2 aliphatic heterocycles. The number of rotatable bonds is 1. The fourth-order valence-electron chi connectivity index (χ4n) is 3.10. The Morgan fingerprint density at radius 2 is 2.25 bits per heavy atom. The van der Waals surface area contributed by atoms with Crippen molar-refractivity contribution >= 4 is 12.0 Å². The smallest absolute Gasteiger partial charge is 0.409 e. The van der Waals surface area contributed by atoms with Gasteiger partial charge < -0.3 is 15.0 Å². The van der Waals surface area contributed by atoms with Crippen LogP contribution in [0.3, 0.4) is 0 Å². The van der Waals surface area contributed by atoms with E-state index in [-0.39, 0.29) is 17.5 Å². The quantitative estimate of drug-likeness (QED) is 0.845. The zero-order chi connectivity index (χ0) is 14.2. The fraction of sp³-hybridized carbons (Fsp3) is 0.467. The summed E-state index contributed by atoms with van der Waals surface area (Å²) in [4.78, 5) is 25.7. The van der Waals surface area contributed by atoms with Crippen LogP contribution in [0.2, 0.25) is 0 Å². The number of hydrogen-bond donors (Lipinski definition) is 1. The van der Waals surface area contributed by atoms with Gasteiger partial charge in [0, 0.05) is 18.7 Å².